The highest BCUT2D eigenvalue weighted by Gasteiger charge is 2.34. The molecule has 1 N–H and O–H groups in total. The highest BCUT2D eigenvalue weighted by Crippen LogP contribution is 2.36. The fraction of sp³-hybridized carbons (Fsp3) is 0.500. The first kappa shape index (κ1) is 20.2. The average molecular weight is 392 g/mol. The molecule has 0 spiro atoms. The van der Waals surface area contributed by atoms with Gasteiger partial charge in [-0.25, -0.2) is 4.98 Å². The lowest BCUT2D eigenvalue weighted by Crippen LogP contribution is -2.27. The van der Waals surface area contributed by atoms with Crippen LogP contribution in [0, 0.1) is 11.3 Å². The fourth-order valence-electron chi connectivity index (χ4n) is 3.84. The minimum absolute atomic E-state index is 0.0681. The first-order valence-electron chi connectivity index (χ1n) is 9.29. The van der Waals surface area contributed by atoms with Crippen molar-refractivity contribution in [3.8, 4) is 6.07 Å². The Morgan fingerprint density at radius 1 is 1.36 bits per heavy atom. The third-order valence-electron chi connectivity index (χ3n) is 5.19. The molecule has 28 heavy (non-hydrogen) atoms. The Kier molecular flexibility index (Phi) is 6.25. The molecule has 3 rings (SSSR count). The summed E-state index contributed by atoms with van der Waals surface area (Å²) < 4.78 is 46.8. The molecular weight excluding hydrogens is 369 g/mol. The molecule has 0 saturated heterocycles. The summed E-state index contributed by atoms with van der Waals surface area (Å²) >= 11 is 0. The van der Waals surface area contributed by atoms with Crippen LogP contribution in [0.5, 0.6) is 0 Å². The Morgan fingerprint density at radius 3 is 2.89 bits per heavy atom. The van der Waals surface area contributed by atoms with Gasteiger partial charge >= 0.3 is 6.18 Å². The van der Waals surface area contributed by atoms with Crippen LogP contribution >= 0.6 is 0 Å². The summed E-state index contributed by atoms with van der Waals surface area (Å²) in [5.41, 5.74) is 0.274. The average Bonchev–Trinajstić information content (AvgIpc) is 3.14. The van der Waals surface area contributed by atoms with Gasteiger partial charge in [0.1, 0.15) is 0 Å². The van der Waals surface area contributed by atoms with Gasteiger partial charge < -0.3 is 14.6 Å². The molecule has 8 heteroatoms. The molecule has 5 nitrogen and oxygen atoms in total. The summed E-state index contributed by atoms with van der Waals surface area (Å²) in [6.07, 6.45) is 2.84. The van der Waals surface area contributed by atoms with Gasteiger partial charge in [0.25, 0.3) is 0 Å². The molecule has 1 aromatic heterocycles. The Balaban J connectivity index is 1.72. The van der Waals surface area contributed by atoms with Crippen molar-refractivity contribution in [3.05, 3.63) is 47.5 Å². The summed E-state index contributed by atoms with van der Waals surface area (Å²) in [5.74, 6) is 0.297. The molecule has 1 fully saturated rings. The number of aromatic nitrogens is 2. The van der Waals surface area contributed by atoms with Crippen molar-refractivity contribution in [1.29, 1.82) is 5.26 Å². The molecule has 0 amide bonds. The number of halogens is 3. The molecule has 1 aliphatic carbocycles. The second-order valence-corrected chi connectivity index (χ2v) is 7.08. The lowest BCUT2D eigenvalue weighted by molar-refractivity contribution is -0.137. The van der Waals surface area contributed by atoms with E-state index in [1.807, 2.05) is 6.20 Å². The molecule has 1 aromatic carbocycles. The topological polar surface area (TPSA) is 62.9 Å². The number of ether oxygens (including phenoxy) is 1. The van der Waals surface area contributed by atoms with Crippen LogP contribution in [0.1, 0.15) is 48.4 Å². The lowest BCUT2D eigenvalue weighted by Gasteiger charge is -2.31. The zero-order valence-electron chi connectivity index (χ0n) is 15.7. The largest absolute Gasteiger partial charge is 0.417 e. The van der Waals surface area contributed by atoms with Gasteiger partial charge in [-0.15, -0.1) is 0 Å². The predicted octanol–water partition coefficient (Wildman–Crippen LogP) is 4.56. The predicted molar refractivity (Wildman–Crippen MR) is 98.9 cm³/mol. The summed E-state index contributed by atoms with van der Waals surface area (Å²) in [7, 11) is 1.66. The molecule has 2 aromatic rings. The van der Waals surface area contributed by atoms with Crippen molar-refractivity contribution in [2.45, 2.75) is 50.4 Å². The smallest absolute Gasteiger partial charge is 0.383 e. The van der Waals surface area contributed by atoms with Crippen LogP contribution in [0.15, 0.2) is 30.7 Å². The number of nitrogens with one attached hydrogen (secondary N) is 1. The Bertz CT molecular complexity index is 841. The standard InChI is InChI=1S/C20H23F3N4O/c1-28-8-7-27-13-25-12-19(27)14-3-2-4-16(9-14)26-17-6-5-15(11-24)18(10-17)20(21,22)23/h5-6,10,12-14,16,26H,2-4,7-9H2,1H3/t14-,16+/m1/s1. The summed E-state index contributed by atoms with van der Waals surface area (Å²) in [4.78, 5) is 4.25. The molecule has 1 saturated carbocycles. The number of benzene rings is 1. The second-order valence-electron chi connectivity index (χ2n) is 7.08. The zero-order valence-corrected chi connectivity index (χ0v) is 15.7. The van der Waals surface area contributed by atoms with E-state index in [1.54, 1.807) is 25.6 Å². The molecule has 0 radical (unpaired) electrons. The van der Waals surface area contributed by atoms with Gasteiger partial charge in [0.2, 0.25) is 0 Å². The maximum Gasteiger partial charge on any atom is 0.417 e. The monoisotopic (exact) mass is 392 g/mol. The maximum absolute atomic E-state index is 13.2. The highest BCUT2D eigenvalue weighted by molar-refractivity contribution is 5.53. The van der Waals surface area contributed by atoms with Crippen molar-refractivity contribution < 1.29 is 17.9 Å². The zero-order chi connectivity index (χ0) is 20.1. The van der Waals surface area contributed by atoms with Gasteiger partial charge in [-0.05, 0) is 37.5 Å². The summed E-state index contributed by atoms with van der Waals surface area (Å²) in [5, 5.41) is 12.2. The summed E-state index contributed by atoms with van der Waals surface area (Å²) in [6, 6.07) is 5.48. The van der Waals surface area contributed by atoms with Crippen LogP contribution in [0.25, 0.3) is 0 Å². The van der Waals surface area contributed by atoms with Crippen molar-refractivity contribution in [3.63, 3.8) is 0 Å². The molecule has 0 aliphatic heterocycles. The first-order valence-corrected chi connectivity index (χ1v) is 9.29. The molecule has 1 heterocycles. The molecule has 1 aliphatic rings. The number of hydrogen-bond acceptors (Lipinski definition) is 4. The minimum Gasteiger partial charge on any atom is -0.383 e. The van der Waals surface area contributed by atoms with Crippen LogP contribution in [0.3, 0.4) is 0 Å². The number of nitriles is 1. The van der Waals surface area contributed by atoms with Crippen LogP contribution in [-0.4, -0.2) is 29.3 Å². The van der Waals surface area contributed by atoms with E-state index in [2.05, 4.69) is 14.9 Å². The normalized spacial score (nSPS) is 20.0. The van der Waals surface area contributed by atoms with Gasteiger partial charge in [0.15, 0.2) is 0 Å². The van der Waals surface area contributed by atoms with Crippen molar-refractivity contribution in [1.82, 2.24) is 9.55 Å². The highest BCUT2D eigenvalue weighted by atomic mass is 19.4. The van der Waals surface area contributed by atoms with E-state index >= 15 is 0 Å². The van der Waals surface area contributed by atoms with E-state index < -0.39 is 11.7 Å². The number of anilines is 1. The van der Waals surface area contributed by atoms with Gasteiger partial charge in [-0.1, -0.05) is 6.42 Å². The third-order valence-corrected chi connectivity index (χ3v) is 5.19. The van der Waals surface area contributed by atoms with Crippen LogP contribution in [0.4, 0.5) is 18.9 Å². The number of hydrogen-bond donors (Lipinski definition) is 1. The lowest BCUT2D eigenvalue weighted by atomic mass is 9.83. The number of alkyl halides is 3. The quantitative estimate of drug-likeness (QED) is 0.783. The third kappa shape index (κ3) is 4.65. The van der Waals surface area contributed by atoms with Crippen molar-refractivity contribution >= 4 is 5.69 Å². The van der Waals surface area contributed by atoms with Gasteiger partial charge in [-0.2, -0.15) is 18.4 Å². The SMILES string of the molecule is COCCn1cncc1[C@@H]1CCC[C@H](Nc2ccc(C#N)c(C(F)(F)F)c2)C1. The number of rotatable bonds is 6. The minimum atomic E-state index is -4.55. The molecule has 2 atom stereocenters. The number of imidazole rings is 1. The Labute approximate surface area is 162 Å². The van der Waals surface area contributed by atoms with Gasteiger partial charge in [0.05, 0.1) is 30.1 Å². The van der Waals surface area contributed by atoms with E-state index in [-0.39, 0.29) is 11.6 Å². The van der Waals surface area contributed by atoms with E-state index in [0.29, 0.717) is 18.2 Å². The van der Waals surface area contributed by atoms with Crippen molar-refractivity contribution in [2.24, 2.45) is 0 Å². The van der Waals surface area contributed by atoms with E-state index in [4.69, 9.17) is 10.00 Å². The molecule has 0 bridgehead atoms. The van der Waals surface area contributed by atoms with Crippen molar-refractivity contribution in [2.75, 3.05) is 19.0 Å². The van der Waals surface area contributed by atoms with Crippen LogP contribution in [0.2, 0.25) is 0 Å². The first-order chi connectivity index (χ1) is 13.4. The molecular formula is C20H23F3N4O. The summed E-state index contributed by atoms with van der Waals surface area (Å²) in [6.45, 7) is 1.33. The van der Waals surface area contributed by atoms with Gasteiger partial charge in [-0.3, -0.25) is 0 Å². The number of methoxy groups -OCH3 is 1. The molecule has 0 unspecified atom stereocenters. The molecule has 150 valence electrons. The Hall–Kier alpha value is -2.53. The van der Waals surface area contributed by atoms with E-state index in [9.17, 15) is 13.2 Å². The van der Waals surface area contributed by atoms with Crippen LogP contribution < -0.4 is 5.32 Å². The fourth-order valence-corrected chi connectivity index (χ4v) is 3.84. The second kappa shape index (κ2) is 8.65. The van der Waals surface area contributed by atoms with Gasteiger partial charge in [0, 0.05) is 43.2 Å². The number of nitrogens with zero attached hydrogens (tertiary/aromatic N) is 3. The Morgan fingerprint density at radius 2 is 2.18 bits per heavy atom. The maximum atomic E-state index is 13.2. The van der Waals surface area contributed by atoms with Crippen LogP contribution in [-0.2, 0) is 17.5 Å². The van der Waals surface area contributed by atoms with E-state index in [0.717, 1.165) is 44.0 Å². The van der Waals surface area contributed by atoms with E-state index in [1.165, 1.54) is 6.07 Å².